The Balaban J connectivity index is 1.17. The number of benzene rings is 7. The van der Waals surface area contributed by atoms with Crippen LogP contribution >= 0.6 is 0 Å². The lowest BCUT2D eigenvalue weighted by molar-refractivity contribution is 0.669. The van der Waals surface area contributed by atoms with Crippen LogP contribution in [0.15, 0.2) is 174 Å². The Labute approximate surface area is 287 Å². The molecule has 0 aliphatic heterocycles. The van der Waals surface area contributed by atoms with Gasteiger partial charge in [0.2, 0.25) is 0 Å². The summed E-state index contributed by atoms with van der Waals surface area (Å²) >= 11 is 0. The van der Waals surface area contributed by atoms with E-state index in [1.54, 1.807) is 0 Å². The van der Waals surface area contributed by atoms with Gasteiger partial charge in [0, 0.05) is 38.5 Å². The van der Waals surface area contributed by atoms with Gasteiger partial charge in [0.25, 0.3) is 0 Å². The van der Waals surface area contributed by atoms with E-state index >= 15 is 0 Å². The number of hydrogen-bond donors (Lipinski definition) is 0. The van der Waals surface area contributed by atoms with Crippen LogP contribution < -0.4 is 0 Å². The quantitative estimate of drug-likeness (QED) is 0.188. The van der Waals surface area contributed by atoms with Crippen LogP contribution in [0.4, 0.5) is 0 Å². The zero-order chi connectivity index (χ0) is 33.0. The van der Waals surface area contributed by atoms with Gasteiger partial charge < -0.3 is 8.98 Å². The summed E-state index contributed by atoms with van der Waals surface area (Å²) in [6.45, 7) is 0. The van der Waals surface area contributed by atoms with Crippen molar-refractivity contribution in [3.63, 3.8) is 0 Å². The molecule has 0 spiro atoms. The summed E-state index contributed by atoms with van der Waals surface area (Å²) in [7, 11) is 0. The highest BCUT2D eigenvalue weighted by Gasteiger charge is 2.21. The topological polar surface area (TPSA) is 56.7 Å². The molecule has 3 heterocycles. The number of fused-ring (bicyclic) bond motifs is 7. The molecule has 0 atom stereocenters. The van der Waals surface area contributed by atoms with Crippen molar-refractivity contribution in [2.24, 2.45) is 0 Å². The molecule has 0 saturated heterocycles. The maximum Gasteiger partial charge on any atom is 0.164 e. The Morgan fingerprint density at radius 2 is 0.940 bits per heavy atom. The van der Waals surface area contributed by atoms with E-state index < -0.39 is 0 Å². The Bertz CT molecular complexity index is 2780. The summed E-state index contributed by atoms with van der Waals surface area (Å²) in [6.07, 6.45) is 0. The summed E-state index contributed by atoms with van der Waals surface area (Å²) in [5.41, 5.74) is 10.3. The van der Waals surface area contributed by atoms with Gasteiger partial charge >= 0.3 is 0 Å². The van der Waals surface area contributed by atoms with E-state index in [0.29, 0.717) is 17.5 Å². The zero-order valence-corrected chi connectivity index (χ0v) is 26.9. The molecule has 0 bridgehead atoms. The van der Waals surface area contributed by atoms with Gasteiger partial charge in [0.1, 0.15) is 11.2 Å². The molecule has 0 amide bonds. The fourth-order valence-corrected chi connectivity index (χ4v) is 7.18. The Hall–Kier alpha value is -6.85. The van der Waals surface area contributed by atoms with Crippen molar-refractivity contribution >= 4 is 43.7 Å². The number of para-hydroxylation sites is 2. The first-order valence-electron chi connectivity index (χ1n) is 16.7. The van der Waals surface area contributed by atoms with E-state index in [1.165, 1.54) is 10.8 Å². The maximum absolute atomic E-state index is 6.36. The molecule has 5 heteroatoms. The van der Waals surface area contributed by atoms with Crippen LogP contribution in [0.5, 0.6) is 0 Å². The normalized spacial score (nSPS) is 11.6. The molecule has 5 nitrogen and oxygen atoms in total. The molecular weight excluding hydrogens is 613 g/mol. The van der Waals surface area contributed by atoms with Crippen molar-refractivity contribution in [1.82, 2.24) is 19.5 Å². The molecule has 234 valence electrons. The smallest absolute Gasteiger partial charge is 0.164 e. The molecule has 7 aromatic carbocycles. The molecule has 0 N–H and O–H groups in total. The molecule has 10 aromatic rings. The lowest BCUT2D eigenvalue weighted by Crippen LogP contribution is -2.00. The molecule has 0 fully saturated rings. The highest BCUT2D eigenvalue weighted by Crippen LogP contribution is 2.44. The molecule has 0 aliphatic carbocycles. The second-order valence-electron chi connectivity index (χ2n) is 12.4. The number of nitrogens with zero attached hydrogens (tertiary/aromatic N) is 4. The van der Waals surface area contributed by atoms with Gasteiger partial charge in [-0.3, -0.25) is 0 Å². The number of hydrogen-bond acceptors (Lipinski definition) is 4. The van der Waals surface area contributed by atoms with E-state index in [2.05, 4.69) is 102 Å². The predicted octanol–water partition coefficient (Wildman–Crippen LogP) is 11.5. The minimum atomic E-state index is 0.636. The molecular formula is C45H28N4O. The lowest BCUT2D eigenvalue weighted by Gasteiger charge is -2.10. The first kappa shape index (κ1) is 28.2. The van der Waals surface area contributed by atoms with Crippen LogP contribution in [-0.4, -0.2) is 19.5 Å². The fraction of sp³-hybridized carbons (Fsp3) is 0. The van der Waals surface area contributed by atoms with Crippen molar-refractivity contribution < 1.29 is 4.42 Å². The minimum absolute atomic E-state index is 0.636. The van der Waals surface area contributed by atoms with Crippen LogP contribution in [0.25, 0.3) is 94.7 Å². The van der Waals surface area contributed by atoms with Crippen molar-refractivity contribution in [1.29, 1.82) is 0 Å². The molecule has 3 aromatic heterocycles. The second kappa shape index (κ2) is 11.4. The number of furan rings is 1. The third kappa shape index (κ3) is 4.52. The summed E-state index contributed by atoms with van der Waals surface area (Å²) in [5, 5.41) is 4.61. The number of aromatic nitrogens is 4. The molecule has 0 aliphatic rings. The summed E-state index contributed by atoms with van der Waals surface area (Å²) < 4.78 is 8.74. The summed E-state index contributed by atoms with van der Waals surface area (Å²) in [6, 6.07) is 58.5. The summed E-state index contributed by atoms with van der Waals surface area (Å²) in [5.74, 6) is 1.93. The molecule has 0 radical (unpaired) electrons. The molecule has 10 rings (SSSR count). The summed E-state index contributed by atoms with van der Waals surface area (Å²) in [4.78, 5) is 14.7. The van der Waals surface area contributed by atoms with E-state index in [1.807, 2.05) is 72.8 Å². The average molecular weight is 641 g/mol. The van der Waals surface area contributed by atoms with Crippen molar-refractivity contribution in [2.75, 3.05) is 0 Å². The van der Waals surface area contributed by atoms with Gasteiger partial charge in [-0.05, 0) is 47.5 Å². The van der Waals surface area contributed by atoms with Crippen LogP contribution in [-0.2, 0) is 0 Å². The van der Waals surface area contributed by atoms with Crippen LogP contribution in [0, 0.1) is 0 Å². The van der Waals surface area contributed by atoms with Crippen LogP contribution in [0.3, 0.4) is 0 Å². The van der Waals surface area contributed by atoms with Crippen molar-refractivity contribution in [2.45, 2.75) is 0 Å². The van der Waals surface area contributed by atoms with Gasteiger partial charge in [-0.1, -0.05) is 133 Å². The molecule has 0 saturated carbocycles. The van der Waals surface area contributed by atoms with Gasteiger partial charge in [0.05, 0.1) is 16.4 Å². The maximum atomic E-state index is 6.36. The third-order valence-corrected chi connectivity index (χ3v) is 9.46. The van der Waals surface area contributed by atoms with Gasteiger partial charge in [-0.25, -0.2) is 15.0 Å². The Morgan fingerprint density at radius 1 is 0.380 bits per heavy atom. The van der Waals surface area contributed by atoms with E-state index in [-0.39, 0.29) is 0 Å². The van der Waals surface area contributed by atoms with Gasteiger partial charge in [-0.2, -0.15) is 0 Å². The predicted molar refractivity (Wildman–Crippen MR) is 203 cm³/mol. The van der Waals surface area contributed by atoms with E-state index in [0.717, 1.165) is 66.5 Å². The van der Waals surface area contributed by atoms with Crippen molar-refractivity contribution in [3.05, 3.63) is 170 Å². The highest BCUT2D eigenvalue weighted by atomic mass is 16.3. The second-order valence-corrected chi connectivity index (χ2v) is 12.4. The first-order chi connectivity index (χ1) is 24.8. The average Bonchev–Trinajstić information content (AvgIpc) is 3.75. The van der Waals surface area contributed by atoms with Gasteiger partial charge in [0.15, 0.2) is 17.5 Å². The Morgan fingerprint density at radius 3 is 1.60 bits per heavy atom. The first-order valence-corrected chi connectivity index (χ1v) is 16.7. The fourth-order valence-electron chi connectivity index (χ4n) is 7.18. The Kier molecular flexibility index (Phi) is 6.42. The number of rotatable bonds is 5. The standard InChI is InChI=1S/C45H28N4O/c1-4-13-30(14-5-1)43-46-44(31-15-6-2-7-16-31)48-45(47-43)32-25-23-29(24-26-32)34-20-12-21-37-40(34)36-27-28-39-41(35-19-10-11-22-38(35)50-39)42(36)49(37)33-17-8-3-9-18-33/h1-28H. The van der Waals surface area contributed by atoms with Crippen molar-refractivity contribution in [3.8, 4) is 51.0 Å². The largest absolute Gasteiger partial charge is 0.456 e. The molecule has 50 heavy (non-hydrogen) atoms. The molecule has 0 unspecified atom stereocenters. The highest BCUT2D eigenvalue weighted by molar-refractivity contribution is 6.26. The van der Waals surface area contributed by atoms with E-state index in [9.17, 15) is 0 Å². The minimum Gasteiger partial charge on any atom is -0.456 e. The van der Waals surface area contributed by atoms with Crippen LogP contribution in [0.1, 0.15) is 0 Å². The lowest BCUT2D eigenvalue weighted by atomic mass is 9.98. The SMILES string of the molecule is c1ccc(-c2nc(-c3ccccc3)nc(-c3ccc(-c4cccc5c4c4ccc6oc7ccccc7c6c4n5-c4ccccc4)cc3)n2)cc1. The third-order valence-electron chi connectivity index (χ3n) is 9.46. The van der Waals surface area contributed by atoms with Crippen LogP contribution in [0.2, 0.25) is 0 Å². The zero-order valence-electron chi connectivity index (χ0n) is 26.9. The monoisotopic (exact) mass is 640 g/mol. The van der Waals surface area contributed by atoms with Gasteiger partial charge in [-0.15, -0.1) is 0 Å². The van der Waals surface area contributed by atoms with E-state index in [4.69, 9.17) is 19.4 Å².